The number of anilines is 1. The summed E-state index contributed by atoms with van der Waals surface area (Å²) < 4.78 is 24.1. The van der Waals surface area contributed by atoms with Crippen LogP contribution in [0.3, 0.4) is 0 Å². The summed E-state index contributed by atoms with van der Waals surface area (Å²) >= 11 is 0. The van der Waals surface area contributed by atoms with Crippen molar-refractivity contribution in [1.29, 1.82) is 0 Å². The minimum absolute atomic E-state index is 0.000967. The Labute approximate surface area is 159 Å². The molecule has 1 amide bonds. The van der Waals surface area contributed by atoms with Gasteiger partial charge in [0, 0.05) is 18.2 Å². The fourth-order valence-electron chi connectivity index (χ4n) is 2.59. The number of hydrogen-bond donors (Lipinski definition) is 1. The van der Waals surface area contributed by atoms with Gasteiger partial charge < -0.3 is 8.83 Å². The summed E-state index contributed by atoms with van der Waals surface area (Å²) in [5, 5.41) is 2.56. The summed E-state index contributed by atoms with van der Waals surface area (Å²) in [6.45, 7) is 1.86. The molecule has 4 aromatic rings. The van der Waals surface area contributed by atoms with Crippen LogP contribution < -0.4 is 5.32 Å². The molecule has 4 rings (SSSR count). The van der Waals surface area contributed by atoms with Crippen molar-refractivity contribution in [2.24, 2.45) is 0 Å². The molecular formula is C20H15FN4O3. The highest BCUT2D eigenvalue weighted by molar-refractivity contribution is 6.05. The van der Waals surface area contributed by atoms with Gasteiger partial charge in [-0.2, -0.15) is 4.98 Å². The van der Waals surface area contributed by atoms with Gasteiger partial charge in [-0.05, 0) is 36.4 Å². The van der Waals surface area contributed by atoms with Crippen LogP contribution in [-0.2, 0) is 6.42 Å². The van der Waals surface area contributed by atoms with Gasteiger partial charge in [-0.1, -0.05) is 13.0 Å². The van der Waals surface area contributed by atoms with Crippen molar-refractivity contribution < 1.29 is 18.0 Å². The lowest BCUT2D eigenvalue weighted by molar-refractivity contribution is 0.0993. The van der Waals surface area contributed by atoms with Crippen molar-refractivity contribution >= 4 is 11.9 Å². The van der Waals surface area contributed by atoms with E-state index in [4.69, 9.17) is 8.83 Å². The van der Waals surface area contributed by atoms with Crippen LogP contribution in [0.5, 0.6) is 0 Å². The van der Waals surface area contributed by atoms with Gasteiger partial charge in [-0.3, -0.25) is 15.1 Å². The third-order valence-electron chi connectivity index (χ3n) is 3.95. The number of amides is 1. The summed E-state index contributed by atoms with van der Waals surface area (Å²) in [4.78, 5) is 25.4. The first-order chi connectivity index (χ1) is 13.6. The summed E-state index contributed by atoms with van der Waals surface area (Å²) in [5.41, 5.74) is 2.00. The van der Waals surface area contributed by atoms with Crippen molar-refractivity contribution in [2.45, 2.75) is 13.3 Å². The Balaban J connectivity index is 1.61. The normalized spacial score (nSPS) is 10.8. The first kappa shape index (κ1) is 17.6. The molecule has 0 atom stereocenters. The maximum Gasteiger partial charge on any atom is 0.302 e. The molecular weight excluding hydrogens is 363 g/mol. The van der Waals surface area contributed by atoms with Crippen LogP contribution in [0.4, 0.5) is 10.4 Å². The molecule has 28 heavy (non-hydrogen) atoms. The number of hydrogen-bond acceptors (Lipinski definition) is 6. The molecule has 140 valence electrons. The van der Waals surface area contributed by atoms with Crippen molar-refractivity contribution in [3.05, 3.63) is 72.4 Å². The molecule has 1 aromatic carbocycles. The van der Waals surface area contributed by atoms with Gasteiger partial charge in [0.2, 0.25) is 5.76 Å². The van der Waals surface area contributed by atoms with E-state index in [2.05, 4.69) is 20.3 Å². The highest BCUT2D eigenvalue weighted by Crippen LogP contribution is 2.26. The van der Waals surface area contributed by atoms with Crippen molar-refractivity contribution in [3.63, 3.8) is 0 Å². The number of nitrogens with one attached hydrogen (secondary N) is 1. The predicted octanol–water partition coefficient (Wildman–Crippen LogP) is 4.35. The Kier molecular flexibility index (Phi) is 4.67. The largest absolute Gasteiger partial charge is 0.435 e. The quantitative estimate of drug-likeness (QED) is 0.555. The summed E-state index contributed by atoms with van der Waals surface area (Å²) in [7, 11) is 0. The minimum atomic E-state index is -0.569. The van der Waals surface area contributed by atoms with E-state index in [1.807, 2.05) is 13.0 Å². The van der Waals surface area contributed by atoms with Crippen LogP contribution in [0.15, 0.2) is 63.8 Å². The third-order valence-corrected chi connectivity index (χ3v) is 3.95. The lowest BCUT2D eigenvalue weighted by Gasteiger charge is -2.01. The number of carbonyl (C=O) groups excluding carboxylic acids is 1. The molecule has 0 aliphatic heterocycles. The van der Waals surface area contributed by atoms with Gasteiger partial charge in [0.1, 0.15) is 23.5 Å². The number of aryl methyl sites for hydroxylation is 1. The zero-order valence-electron chi connectivity index (χ0n) is 14.8. The number of aromatic nitrogens is 3. The fraction of sp³-hybridized carbons (Fsp3) is 0.100. The van der Waals surface area contributed by atoms with Crippen LogP contribution in [-0.4, -0.2) is 20.9 Å². The third kappa shape index (κ3) is 3.52. The van der Waals surface area contributed by atoms with Crippen molar-refractivity contribution in [1.82, 2.24) is 15.0 Å². The molecule has 8 heteroatoms. The molecule has 3 heterocycles. The zero-order chi connectivity index (χ0) is 19.5. The molecule has 0 bridgehead atoms. The van der Waals surface area contributed by atoms with Gasteiger partial charge in [0.05, 0.1) is 5.69 Å². The monoisotopic (exact) mass is 378 g/mol. The van der Waals surface area contributed by atoms with Gasteiger partial charge in [0.15, 0.2) is 5.89 Å². The second-order valence-corrected chi connectivity index (χ2v) is 5.85. The molecule has 0 saturated heterocycles. The Morgan fingerprint density at radius 2 is 1.93 bits per heavy atom. The minimum Gasteiger partial charge on any atom is -0.435 e. The standard InChI is InChI=1S/C20H15FN4O3/c1-2-16-24-17(12-6-8-13(21)9-7-12)18(28-16)19(26)25-20-23-15(11-27-20)14-5-3-4-10-22-14/h3-11H,2H2,1H3,(H,23,25,26). The van der Waals surface area contributed by atoms with Crippen LogP contribution >= 0.6 is 0 Å². The lowest BCUT2D eigenvalue weighted by atomic mass is 10.1. The van der Waals surface area contributed by atoms with E-state index >= 15 is 0 Å². The topological polar surface area (TPSA) is 94.1 Å². The average molecular weight is 378 g/mol. The van der Waals surface area contributed by atoms with Gasteiger partial charge in [0.25, 0.3) is 5.91 Å². The smallest absolute Gasteiger partial charge is 0.302 e. The first-order valence-corrected chi connectivity index (χ1v) is 8.58. The number of pyridine rings is 1. The highest BCUT2D eigenvalue weighted by Gasteiger charge is 2.23. The number of halogens is 1. The van der Waals surface area contributed by atoms with Gasteiger partial charge >= 0.3 is 6.01 Å². The summed E-state index contributed by atoms with van der Waals surface area (Å²) in [5.74, 6) is -0.552. The predicted molar refractivity (Wildman–Crippen MR) is 99.0 cm³/mol. The molecule has 0 aliphatic carbocycles. The molecule has 1 N–H and O–H groups in total. The van der Waals surface area contributed by atoms with Crippen LogP contribution in [0.1, 0.15) is 23.4 Å². The number of nitrogens with zero attached hydrogens (tertiary/aromatic N) is 3. The maximum atomic E-state index is 13.2. The summed E-state index contributed by atoms with van der Waals surface area (Å²) in [6.07, 6.45) is 3.54. The van der Waals surface area contributed by atoms with E-state index in [0.29, 0.717) is 35.0 Å². The Hall–Kier alpha value is -3.81. The molecule has 0 saturated carbocycles. The second-order valence-electron chi connectivity index (χ2n) is 5.85. The molecule has 0 radical (unpaired) electrons. The van der Waals surface area contributed by atoms with E-state index in [0.717, 1.165) is 0 Å². The van der Waals surface area contributed by atoms with Crippen LogP contribution in [0.2, 0.25) is 0 Å². The fourth-order valence-corrected chi connectivity index (χ4v) is 2.59. The molecule has 0 unspecified atom stereocenters. The SMILES string of the molecule is CCc1nc(-c2ccc(F)cc2)c(C(=O)Nc2nc(-c3ccccn3)co2)o1. The Morgan fingerprint density at radius 1 is 1.11 bits per heavy atom. The van der Waals surface area contributed by atoms with Gasteiger partial charge in [-0.25, -0.2) is 9.37 Å². The second kappa shape index (κ2) is 7.43. The van der Waals surface area contributed by atoms with E-state index in [1.54, 1.807) is 18.3 Å². The van der Waals surface area contributed by atoms with E-state index < -0.39 is 5.91 Å². The number of oxazole rings is 2. The molecule has 0 aliphatic rings. The van der Waals surface area contributed by atoms with Crippen LogP contribution in [0.25, 0.3) is 22.6 Å². The Morgan fingerprint density at radius 3 is 2.64 bits per heavy atom. The van der Waals surface area contributed by atoms with Crippen molar-refractivity contribution in [2.75, 3.05) is 5.32 Å². The Bertz CT molecular complexity index is 1100. The first-order valence-electron chi connectivity index (χ1n) is 8.58. The molecule has 0 spiro atoms. The van der Waals surface area contributed by atoms with Gasteiger partial charge in [-0.15, -0.1) is 0 Å². The molecule has 0 fully saturated rings. The number of benzene rings is 1. The van der Waals surface area contributed by atoms with Crippen molar-refractivity contribution in [3.8, 4) is 22.6 Å². The van der Waals surface area contributed by atoms with E-state index in [1.165, 1.54) is 30.5 Å². The molecule has 7 nitrogen and oxygen atoms in total. The lowest BCUT2D eigenvalue weighted by Crippen LogP contribution is -2.12. The highest BCUT2D eigenvalue weighted by atomic mass is 19.1. The maximum absolute atomic E-state index is 13.2. The molecule has 3 aromatic heterocycles. The number of rotatable bonds is 5. The number of carbonyl (C=O) groups is 1. The average Bonchev–Trinajstić information content (AvgIpc) is 3.36. The zero-order valence-corrected chi connectivity index (χ0v) is 14.8. The van der Waals surface area contributed by atoms with E-state index in [-0.39, 0.29) is 17.6 Å². The summed E-state index contributed by atoms with van der Waals surface area (Å²) in [6, 6.07) is 11.1. The van der Waals surface area contributed by atoms with E-state index in [9.17, 15) is 9.18 Å². The van der Waals surface area contributed by atoms with Crippen LogP contribution in [0, 0.1) is 5.82 Å².